The van der Waals surface area contributed by atoms with Crippen molar-refractivity contribution in [3.05, 3.63) is 35.4 Å². The molecule has 0 bridgehead atoms. The third-order valence-corrected chi connectivity index (χ3v) is 5.24. The van der Waals surface area contributed by atoms with Crippen molar-refractivity contribution >= 4 is 6.09 Å². The molecule has 0 unspecified atom stereocenters. The Labute approximate surface area is 157 Å². The molecule has 2 heterocycles. The topological polar surface area (TPSA) is 50.8 Å². The number of amides is 1. The average Bonchev–Trinajstić information content (AvgIpc) is 2.59. The molecule has 0 radical (unpaired) electrons. The summed E-state index contributed by atoms with van der Waals surface area (Å²) in [6, 6.07) is 8.75. The largest absolute Gasteiger partial charge is 0.444 e. The van der Waals surface area contributed by atoms with Gasteiger partial charge >= 0.3 is 6.09 Å². The summed E-state index contributed by atoms with van der Waals surface area (Å²) in [4.78, 5) is 14.1. The van der Waals surface area contributed by atoms with E-state index in [1.807, 2.05) is 20.8 Å². The molecule has 144 valence electrons. The number of hydrogen-bond acceptors (Lipinski definition) is 4. The summed E-state index contributed by atoms with van der Waals surface area (Å²) in [7, 11) is 0. The standard InChI is InChI=1S/C21H32N2O3/c1-20(2,3)26-19(24)22-12-6-13-23-14-10-21(11-15-23)18-8-5-4-7-17(18)9-16-25-21/h4-5,7-8H,6,9-16H2,1-3H3,(H,22,24). The third kappa shape index (κ3) is 4.77. The smallest absolute Gasteiger partial charge is 0.407 e. The van der Waals surface area contributed by atoms with Gasteiger partial charge in [0.05, 0.1) is 12.2 Å². The van der Waals surface area contributed by atoms with E-state index in [0.29, 0.717) is 6.54 Å². The summed E-state index contributed by atoms with van der Waals surface area (Å²) >= 11 is 0. The Morgan fingerprint density at radius 2 is 2.00 bits per heavy atom. The lowest BCUT2D eigenvalue weighted by atomic mass is 9.79. The minimum Gasteiger partial charge on any atom is -0.444 e. The number of carbonyl (C=O) groups is 1. The van der Waals surface area contributed by atoms with Gasteiger partial charge in [0.25, 0.3) is 0 Å². The molecule has 0 aromatic heterocycles. The van der Waals surface area contributed by atoms with Crippen LogP contribution in [-0.2, 0) is 21.5 Å². The highest BCUT2D eigenvalue weighted by molar-refractivity contribution is 5.67. The summed E-state index contributed by atoms with van der Waals surface area (Å²) in [5.74, 6) is 0. The SMILES string of the molecule is CC(C)(C)OC(=O)NCCCN1CCC2(CC1)OCCc1ccccc12. The maximum Gasteiger partial charge on any atom is 0.407 e. The van der Waals surface area contributed by atoms with Crippen LogP contribution < -0.4 is 5.32 Å². The van der Waals surface area contributed by atoms with Crippen LogP contribution in [0.5, 0.6) is 0 Å². The van der Waals surface area contributed by atoms with Crippen molar-refractivity contribution in [1.29, 1.82) is 0 Å². The number of likely N-dealkylation sites (tertiary alicyclic amines) is 1. The number of alkyl carbamates (subject to hydrolysis) is 1. The molecule has 0 saturated carbocycles. The molecule has 5 heteroatoms. The molecule has 0 atom stereocenters. The first-order chi connectivity index (χ1) is 12.4. The molecule has 1 amide bonds. The zero-order chi connectivity index (χ0) is 18.6. The van der Waals surface area contributed by atoms with Crippen molar-refractivity contribution in [2.24, 2.45) is 0 Å². The molecule has 1 N–H and O–H groups in total. The van der Waals surface area contributed by atoms with Crippen LogP contribution in [0.4, 0.5) is 4.79 Å². The minimum atomic E-state index is -0.443. The molecule has 1 spiro atoms. The van der Waals surface area contributed by atoms with Crippen molar-refractivity contribution < 1.29 is 14.3 Å². The minimum absolute atomic E-state index is 0.0832. The van der Waals surface area contributed by atoms with Crippen LogP contribution >= 0.6 is 0 Å². The fourth-order valence-electron chi connectivity index (χ4n) is 3.98. The molecule has 0 aliphatic carbocycles. The second-order valence-electron chi connectivity index (χ2n) is 8.37. The van der Waals surface area contributed by atoms with E-state index in [0.717, 1.165) is 51.9 Å². The Bertz CT molecular complexity index is 616. The highest BCUT2D eigenvalue weighted by atomic mass is 16.6. The summed E-state index contributed by atoms with van der Waals surface area (Å²) in [5.41, 5.74) is 2.33. The Hall–Kier alpha value is -1.59. The van der Waals surface area contributed by atoms with E-state index in [9.17, 15) is 4.79 Å². The predicted octanol–water partition coefficient (Wildman–Crippen LogP) is 3.47. The molecule has 2 aliphatic heterocycles. The van der Waals surface area contributed by atoms with Gasteiger partial charge in [0.2, 0.25) is 0 Å². The number of benzene rings is 1. The first-order valence-corrected chi connectivity index (χ1v) is 9.80. The van der Waals surface area contributed by atoms with Crippen molar-refractivity contribution in [3.8, 4) is 0 Å². The van der Waals surface area contributed by atoms with Crippen LogP contribution in [-0.4, -0.2) is 49.4 Å². The summed E-state index contributed by atoms with van der Waals surface area (Å²) in [5, 5.41) is 2.84. The van der Waals surface area contributed by atoms with Gasteiger partial charge in [0.1, 0.15) is 5.60 Å². The van der Waals surface area contributed by atoms with E-state index in [4.69, 9.17) is 9.47 Å². The number of rotatable bonds is 4. The van der Waals surface area contributed by atoms with Crippen molar-refractivity contribution in [3.63, 3.8) is 0 Å². The first kappa shape index (κ1) is 19.2. The molecule has 1 aromatic rings. The van der Waals surface area contributed by atoms with Gasteiger partial charge in [-0.15, -0.1) is 0 Å². The number of ether oxygens (including phenoxy) is 2. The van der Waals surface area contributed by atoms with Crippen molar-refractivity contribution in [2.75, 3.05) is 32.8 Å². The van der Waals surface area contributed by atoms with Crippen LogP contribution in [0.15, 0.2) is 24.3 Å². The molecule has 26 heavy (non-hydrogen) atoms. The highest BCUT2D eigenvalue weighted by Gasteiger charge is 2.40. The fourth-order valence-corrected chi connectivity index (χ4v) is 3.98. The second-order valence-corrected chi connectivity index (χ2v) is 8.37. The van der Waals surface area contributed by atoms with Gasteiger partial charge in [-0.1, -0.05) is 24.3 Å². The molecule has 1 aromatic carbocycles. The Kier molecular flexibility index (Phi) is 5.88. The Balaban J connectivity index is 1.42. The maximum atomic E-state index is 11.7. The first-order valence-electron chi connectivity index (χ1n) is 9.80. The number of nitrogens with one attached hydrogen (secondary N) is 1. The Morgan fingerprint density at radius 1 is 1.27 bits per heavy atom. The molecular formula is C21H32N2O3. The molecule has 5 nitrogen and oxygen atoms in total. The van der Waals surface area contributed by atoms with Crippen LogP contribution in [0, 0.1) is 0 Å². The Morgan fingerprint density at radius 3 is 2.73 bits per heavy atom. The zero-order valence-corrected chi connectivity index (χ0v) is 16.3. The monoisotopic (exact) mass is 360 g/mol. The van der Waals surface area contributed by atoms with Gasteiger partial charge < -0.3 is 19.7 Å². The van der Waals surface area contributed by atoms with E-state index < -0.39 is 5.60 Å². The lowest BCUT2D eigenvalue weighted by molar-refractivity contribution is -0.0979. The fraction of sp³-hybridized carbons (Fsp3) is 0.667. The number of carbonyl (C=O) groups excluding carboxylic acids is 1. The second kappa shape index (κ2) is 7.97. The van der Waals surface area contributed by atoms with Gasteiger partial charge in [-0.05, 0) is 64.1 Å². The molecular weight excluding hydrogens is 328 g/mol. The van der Waals surface area contributed by atoms with Crippen molar-refractivity contribution in [1.82, 2.24) is 10.2 Å². The molecule has 1 saturated heterocycles. The number of hydrogen-bond donors (Lipinski definition) is 1. The quantitative estimate of drug-likeness (QED) is 0.836. The van der Waals surface area contributed by atoms with E-state index in [2.05, 4.69) is 34.5 Å². The van der Waals surface area contributed by atoms with E-state index in [1.165, 1.54) is 11.1 Å². The lowest BCUT2D eigenvalue weighted by Crippen LogP contribution is -2.47. The molecule has 3 rings (SSSR count). The van der Waals surface area contributed by atoms with Gasteiger partial charge in [-0.3, -0.25) is 0 Å². The van der Waals surface area contributed by atoms with Gasteiger partial charge in [-0.2, -0.15) is 0 Å². The van der Waals surface area contributed by atoms with Gasteiger partial charge in [0.15, 0.2) is 0 Å². The third-order valence-electron chi connectivity index (χ3n) is 5.24. The van der Waals surface area contributed by atoms with E-state index in [1.54, 1.807) is 0 Å². The van der Waals surface area contributed by atoms with Gasteiger partial charge in [-0.25, -0.2) is 4.79 Å². The molecule has 1 fully saturated rings. The summed E-state index contributed by atoms with van der Waals surface area (Å²) < 4.78 is 11.5. The van der Waals surface area contributed by atoms with Crippen LogP contribution in [0.1, 0.15) is 51.2 Å². The maximum absolute atomic E-state index is 11.7. The van der Waals surface area contributed by atoms with E-state index in [-0.39, 0.29) is 11.7 Å². The zero-order valence-electron chi connectivity index (χ0n) is 16.3. The van der Waals surface area contributed by atoms with E-state index >= 15 is 0 Å². The summed E-state index contributed by atoms with van der Waals surface area (Å²) in [6.07, 6.45) is 3.72. The number of nitrogens with zero attached hydrogens (tertiary/aromatic N) is 1. The van der Waals surface area contributed by atoms with Crippen LogP contribution in [0.2, 0.25) is 0 Å². The number of piperidine rings is 1. The molecule has 2 aliphatic rings. The normalized spacial score (nSPS) is 19.8. The predicted molar refractivity (Wildman–Crippen MR) is 102 cm³/mol. The van der Waals surface area contributed by atoms with Gasteiger partial charge in [0, 0.05) is 19.6 Å². The van der Waals surface area contributed by atoms with Crippen LogP contribution in [0.3, 0.4) is 0 Å². The number of fused-ring (bicyclic) bond motifs is 2. The van der Waals surface area contributed by atoms with Crippen LogP contribution in [0.25, 0.3) is 0 Å². The highest BCUT2D eigenvalue weighted by Crippen LogP contribution is 2.41. The lowest BCUT2D eigenvalue weighted by Gasteiger charge is -2.45. The summed E-state index contributed by atoms with van der Waals surface area (Å²) in [6.45, 7) is 10.2. The van der Waals surface area contributed by atoms with Crippen molar-refractivity contribution in [2.45, 2.75) is 57.7 Å². The average molecular weight is 360 g/mol.